The van der Waals surface area contributed by atoms with Crippen LogP contribution in [0.25, 0.3) is 11.1 Å². The number of carbonyl (C=O) groups is 2. The van der Waals surface area contributed by atoms with Crippen molar-refractivity contribution in [3.63, 3.8) is 0 Å². The van der Waals surface area contributed by atoms with Crippen LogP contribution in [0, 0.1) is 5.82 Å². The summed E-state index contributed by atoms with van der Waals surface area (Å²) in [5.41, 5.74) is 3.25. The minimum Gasteiger partial charge on any atom is -0.478 e. The smallest absolute Gasteiger partial charge is 0.337 e. The van der Waals surface area contributed by atoms with Crippen LogP contribution in [-0.4, -0.2) is 80.2 Å². The van der Waals surface area contributed by atoms with Gasteiger partial charge in [0.25, 0.3) is 5.91 Å². The van der Waals surface area contributed by atoms with Gasteiger partial charge in [0, 0.05) is 42.6 Å². The lowest BCUT2D eigenvalue weighted by atomic mass is 9.96. The number of hydrogen-bond acceptors (Lipinski definition) is 7. The number of nitrogens with zero attached hydrogens (tertiary/aromatic N) is 3. The Hall–Kier alpha value is -3.86. The van der Waals surface area contributed by atoms with E-state index in [9.17, 15) is 14.7 Å². The number of fused-ring (bicyclic) bond motifs is 3. The summed E-state index contributed by atoms with van der Waals surface area (Å²) in [6.45, 7) is 2.94. The van der Waals surface area contributed by atoms with Gasteiger partial charge in [0.1, 0.15) is 11.6 Å². The number of carboxylic acid groups (broad SMARTS) is 1. The molecule has 0 aromatic heterocycles. The van der Waals surface area contributed by atoms with Gasteiger partial charge >= 0.3 is 5.97 Å². The highest BCUT2D eigenvalue weighted by Crippen LogP contribution is 2.43. The highest BCUT2D eigenvalue weighted by molar-refractivity contribution is 6.34. The number of methoxy groups -OCH3 is 1. The molecule has 0 radical (unpaired) electrons. The Labute approximate surface area is 266 Å². The van der Waals surface area contributed by atoms with E-state index in [1.54, 1.807) is 36.3 Å². The summed E-state index contributed by atoms with van der Waals surface area (Å²) in [6.07, 6.45) is 3.92. The summed E-state index contributed by atoms with van der Waals surface area (Å²) >= 11 is 6.65. The normalized spacial score (nSPS) is 21.4. The van der Waals surface area contributed by atoms with E-state index in [1.807, 2.05) is 18.2 Å². The van der Waals surface area contributed by atoms with Crippen molar-refractivity contribution < 1.29 is 33.3 Å². The topological polar surface area (TPSA) is 91.8 Å². The van der Waals surface area contributed by atoms with Crippen LogP contribution in [0.15, 0.2) is 48.5 Å². The van der Waals surface area contributed by atoms with Gasteiger partial charge in [-0.2, -0.15) is 0 Å². The van der Waals surface area contributed by atoms with E-state index in [-0.39, 0.29) is 48.5 Å². The lowest BCUT2D eigenvalue weighted by molar-refractivity contribution is 0.0515. The van der Waals surface area contributed by atoms with Crippen molar-refractivity contribution in [2.45, 2.75) is 50.4 Å². The van der Waals surface area contributed by atoms with Gasteiger partial charge in [-0.25, -0.2) is 9.18 Å². The monoisotopic (exact) mass is 635 g/mol. The minimum atomic E-state index is -1.18. The van der Waals surface area contributed by atoms with E-state index in [0.29, 0.717) is 40.8 Å². The Morgan fingerprint density at radius 1 is 0.978 bits per heavy atom. The molecule has 1 N–H and O–H groups in total. The Bertz CT molecular complexity index is 1630. The number of piperidine rings is 1. The predicted octanol–water partition coefficient (Wildman–Crippen LogP) is 5.82. The van der Waals surface area contributed by atoms with Gasteiger partial charge in [-0.1, -0.05) is 29.8 Å². The average molecular weight is 636 g/mol. The third-order valence-electron chi connectivity index (χ3n) is 9.56. The maximum Gasteiger partial charge on any atom is 0.337 e. The predicted molar refractivity (Wildman–Crippen MR) is 168 cm³/mol. The molecule has 3 saturated heterocycles. The first-order chi connectivity index (χ1) is 21.8. The molecule has 0 spiro atoms. The number of ether oxygens (including phenoxy) is 3. The number of carboxylic acids is 1. The van der Waals surface area contributed by atoms with E-state index >= 15 is 4.39 Å². The van der Waals surface area contributed by atoms with E-state index in [4.69, 9.17) is 25.8 Å². The molecule has 3 aromatic carbocycles. The molecular weight excluding hydrogens is 601 g/mol. The Balaban J connectivity index is 1.14. The number of para-hydroxylation sites is 1. The van der Waals surface area contributed by atoms with E-state index in [0.717, 1.165) is 56.1 Å². The van der Waals surface area contributed by atoms with Crippen LogP contribution in [0.5, 0.6) is 5.75 Å². The van der Waals surface area contributed by atoms with Gasteiger partial charge in [-0.3, -0.25) is 4.79 Å². The molecule has 4 aliphatic rings. The zero-order valence-corrected chi connectivity index (χ0v) is 25.8. The first kappa shape index (κ1) is 29.8. The summed E-state index contributed by atoms with van der Waals surface area (Å²) in [5.74, 6) is -1.61. The molecule has 3 fully saturated rings. The van der Waals surface area contributed by atoms with Gasteiger partial charge < -0.3 is 34.0 Å². The van der Waals surface area contributed by atoms with Crippen molar-refractivity contribution in [1.29, 1.82) is 0 Å². The molecule has 1 amide bonds. The van der Waals surface area contributed by atoms with Gasteiger partial charge in [0.05, 0.1) is 59.8 Å². The zero-order chi connectivity index (χ0) is 31.2. The first-order valence-electron chi connectivity index (χ1n) is 15.4. The second kappa shape index (κ2) is 12.2. The fourth-order valence-electron chi connectivity index (χ4n) is 7.19. The number of morpholine rings is 1. The summed E-state index contributed by atoms with van der Waals surface area (Å²) in [7, 11) is 1.74. The molecule has 0 saturated carbocycles. The van der Waals surface area contributed by atoms with Gasteiger partial charge in [0.15, 0.2) is 6.73 Å². The number of anilines is 2. The van der Waals surface area contributed by atoms with Gasteiger partial charge in [0.2, 0.25) is 0 Å². The third-order valence-corrected chi connectivity index (χ3v) is 9.87. The van der Waals surface area contributed by atoms with Crippen LogP contribution in [0.1, 0.15) is 52.0 Å². The number of hydrogen-bond donors (Lipinski definition) is 1. The lowest BCUT2D eigenvalue weighted by Gasteiger charge is -2.37. The SMILES string of the molecule is COC1CCN(c2ccc(C(=O)N3COc4c(cccc4-c4cc(N5C6CCC5COC6)c(C(=O)O)cc4F)C3)c(Cl)c2)CC1. The van der Waals surface area contributed by atoms with Crippen molar-refractivity contribution in [2.75, 3.05) is 49.9 Å². The van der Waals surface area contributed by atoms with Crippen LogP contribution >= 0.6 is 11.6 Å². The van der Waals surface area contributed by atoms with Crippen molar-refractivity contribution in [1.82, 2.24) is 4.90 Å². The fraction of sp³-hybridized carbons (Fsp3) is 0.412. The molecule has 2 unspecified atom stereocenters. The van der Waals surface area contributed by atoms with E-state index < -0.39 is 11.8 Å². The number of aromatic carboxylic acids is 1. The summed E-state index contributed by atoms with van der Waals surface area (Å²) in [6, 6.07) is 13.7. The first-order valence-corrected chi connectivity index (χ1v) is 15.7. The van der Waals surface area contributed by atoms with Crippen molar-refractivity contribution >= 4 is 34.9 Å². The third kappa shape index (κ3) is 5.49. The molecule has 2 bridgehead atoms. The molecule has 236 valence electrons. The van der Waals surface area contributed by atoms with E-state index in [1.165, 1.54) is 0 Å². The molecule has 2 atom stereocenters. The van der Waals surface area contributed by atoms with Crippen LogP contribution in [-0.2, 0) is 16.0 Å². The molecule has 3 aromatic rings. The number of benzene rings is 3. The molecular formula is C34H35ClFN3O6. The van der Waals surface area contributed by atoms with Crippen LogP contribution < -0.4 is 14.5 Å². The molecule has 9 nitrogen and oxygen atoms in total. The Morgan fingerprint density at radius 3 is 2.42 bits per heavy atom. The van der Waals surface area contributed by atoms with Crippen molar-refractivity contribution in [3.05, 3.63) is 76.1 Å². The summed E-state index contributed by atoms with van der Waals surface area (Å²) in [4.78, 5) is 31.7. The standard InChI is InChI=1S/C34H35ClFN3O6/c1-43-24-9-11-37(12-10-24)21-7-8-26(29(35)13-21)33(40)38-16-20-3-2-4-25(32(20)45-19-38)27-15-31(28(34(41)42)14-30(27)36)39-22-5-6-23(39)18-44-17-22/h2-4,7-8,13-15,22-24H,5-6,9-12,16-19H2,1H3,(H,41,42). The fourth-order valence-corrected chi connectivity index (χ4v) is 7.44. The second-order valence-electron chi connectivity index (χ2n) is 12.1. The summed E-state index contributed by atoms with van der Waals surface area (Å²) < 4.78 is 33.0. The van der Waals surface area contributed by atoms with Crippen molar-refractivity contribution in [2.24, 2.45) is 0 Å². The quantitative estimate of drug-likeness (QED) is 0.362. The molecule has 7 rings (SSSR count). The van der Waals surface area contributed by atoms with Crippen molar-refractivity contribution in [3.8, 4) is 16.9 Å². The maximum absolute atomic E-state index is 15.6. The lowest BCUT2D eigenvalue weighted by Crippen LogP contribution is -2.46. The maximum atomic E-state index is 15.6. The van der Waals surface area contributed by atoms with Crippen LogP contribution in [0.3, 0.4) is 0 Å². The minimum absolute atomic E-state index is 0.0409. The zero-order valence-electron chi connectivity index (χ0n) is 25.0. The molecule has 4 heterocycles. The Morgan fingerprint density at radius 2 is 1.73 bits per heavy atom. The Kier molecular flexibility index (Phi) is 8.05. The van der Waals surface area contributed by atoms with Crippen LogP contribution in [0.4, 0.5) is 15.8 Å². The molecule has 11 heteroatoms. The summed E-state index contributed by atoms with van der Waals surface area (Å²) in [5, 5.41) is 10.3. The largest absolute Gasteiger partial charge is 0.478 e. The number of halogens is 2. The van der Waals surface area contributed by atoms with Gasteiger partial charge in [-0.15, -0.1) is 0 Å². The number of rotatable bonds is 6. The molecule has 4 aliphatic heterocycles. The number of carbonyl (C=O) groups excluding carboxylic acids is 1. The van der Waals surface area contributed by atoms with Gasteiger partial charge in [-0.05, 0) is 56.0 Å². The average Bonchev–Trinajstić information content (AvgIpc) is 3.30. The molecule has 45 heavy (non-hydrogen) atoms. The highest BCUT2D eigenvalue weighted by Gasteiger charge is 2.40. The highest BCUT2D eigenvalue weighted by atomic mass is 35.5. The van der Waals surface area contributed by atoms with Crippen LogP contribution in [0.2, 0.25) is 5.02 Å². The van der Waals surface area contributed by atoms with E-state index in [2.05, 4.69) is 9.80 Å². The second-order valence-corrected chi connectivity index (χ2v) is 12.5. The molecule has 0 aliphatic carbocycles. The number of amides is 1.